The van der Waals surface area contributed by atoms with Crippen molar-refractivity contribution in [2.75, 3.05) is 0 Å². The Balaban J connectivity index is 0.000000196. The first-order valence-corrected chi connectivity index (χ1v) is 19.9. The topological polar surface area (TPSA) is 56.7 Å². The number of para-hydroxylation sites is 1. The second kappa shape index (κ2) is 13.6. The van der Waals surface area contributed by atoms with Crippen molar-refractivity contribution in [2.24, 2.45) is 0 Å². The summed E-state index contributed by atoms with van der Waals surface area (Å²) in [5.74, 6) is 0.793. The Bertz CT molecular complexity index is 2600. The molecule has 0 saturated carbocycles. The van der Waals surface area contributed by atoms with Crippen LogP contribution in [-0.2, 0) is 20.1 Å². The van der Waals surface area contributed by atoms with Gasteiger partial charge in [-0.3, -0.25) is 9.97 Å². The zero-order chi connectivity index (χ0) is 33.5. The van der Waals surface area contributed by atoms with Crippen molar-refractivity contribution >= 4 is 57.0 Å². The molecule has 0 amide bonds. The third kappa shape index (κ3) is 6.20. The van der Waals surface area contributed by atoms with E-state index < -0.39 is 8.07 Å². The molecule has 4 aromatic heterocycles. The first kappa shape index (κ1) is 33.3. The predicted octanol–water partition coefficient (Wildman–Crippen LogP) is 10.3. The maximum atomic E-state index is 6.33. The van der Waals surface area contributed by atoms with E-state index >= 15 is 0 Å². The van der Waals surface area contributed by atoms with Gasteiger partial charge in [0.2, 0.25) is 0 Å². The SMILES string of the molecule is C[Si](C)(C)c1ccc(-c2[c-]cccc2)nc1.Cc1nccc2nc(-c3[c-]ccc4c3oc3ccccc34)n(-c3ccc4ccccc4c3)c12.[Ir]. The fraction of sp³-hybridized carbons (Fsp3) is 0.0930. The quantitative estimate of drug-likeness (QED) is 0.131. The molecular formula is C43H34IrN4OSi-2. The molecule has 0 spiro atoms. The van der Waals surface area contributed by atoms with Gasteiger partial charge in [0.15, 0.2) is 0 Å². The molecule has 50 heavy (non-hydrogen) atoms. The summed E-state index contributed by atoms with van der Waals surface area (Å²) >= 11 is 0. The summed E-state index contributed by atoms with van der Waals surface area (Å²) in [6, 6.07) is 47.8. The largest absolute Gasteiger partial charge is 0.501 e. The molecule has 4 heterocycles. The van der Waals surface area contributed by atoms with E-state index in [0.29, 0.717) is 0 Å². The van der Waals surface area contributed by atoms with E-state index in [9.17, 15) is 0 Å². The number of furan rings is 1. The van der Waals surface area contributed by atoms with Crippen LogP contribution in [0.2, 0.25) is 19.6 Å². The Morgan fingerprint density at radius 2 is 1.52 bits per heavy atom. The Morgan fingerprint density at radius 1 is 0.720 bits per heavy atom. The number of nitrogens with zero attached hydrogens (tertiary/aromatic N) is 4. The van der Waals surface area contributed by atoms with E-state index in [1.807, 2.05) is 73.9 Å². The van der Waals surface area contributed by atoms with Crippen LogP contribution in [0, 0.1) is 19.1 Å². The maximum Gasteiger partial charge on any atom is 0.120 e. The number of hydrogen-bond donors (Lipinski definition) is 0. The normalized spacial score (nSPS) is 11.4. The number of rotatable bonds is 4. The molecule has 0 aliphatic carbocycles. The predicted molar refractivity (Wildman–Crippen MR) is 204 cm³/mol. The van der Waals surface area contributed by atoms with Gasteiger partial charge < -0.3 is 14.0 Å². The zero-order valence-electron chi connectivity index (χ0n) is 28.2. The molecule has 9 aromatic rings. The van der Waals surface area contributed by atoms with Crippen molar-refractivity contribution in [3.8, 4) is 28.3 Å². The average molecular weight is 843 g/mol. The number of hydrogen-bond acceptors (Lipinski definition) is 4. The number of aryl methyl sites for hydroxylation is 1. The van der Waals surface area contributed by atoms with Crippen molar-refractivity contribution in [2.45, 2.75) is 26.6 Å². The second-order valence-corrected chi connectivity index (χ2v) is 18.3. The Labute approximate surface area is 306 Å². The summed E-state index contributed by atoms with van der Waals surface area (Å²) in [7, 11) is -1.23. The summed E-state index contributed by atoms with van der Waals surface area (Å²) in [6.45, 7) is 9.02. The van der Waals surface area contributed by atoms with Crippen LogP contribution in [0.25, 0.3) is 72.1 Å². The van der Waals surface area contributed by atoms with E-state index in [0.717, 1.165) is 67.0 Å². The van der Waals surface area contributed by atoms with Crippen LogP contribution in [0.4, 0.5) is 0 Å². The van der Waals surface area contributed by atoms with Gasteiger partial charge in [-0.05, 0) is 52.8 Å². The van der Waals surface area contributed by atoms with Gasteiger partial charge in [0, 0.05) is 43.6 Å². The van der Waals surface area contributed by atoms with Gasteiger partial charge in [0.25, 0.3) is 0 Å². The van der Waals surface area contributed by atoms with Crippen LogP contribution in [0.15, 0.2) is 138 Å². The average Bonchev–Trinajstić information content (AvgIpc) is 3.72. The minimum absolute atomic E-state index is 0. The Morgan fingerprint density at radius 3 is 2.30 bits per heavy atom. The van der Waals surface area contributed by atoms with E-state index in [-0.39, 0.29) is 20.1 Å². The summed E-state index contributed by atoms with van der Waals surface area (Å²) in [5.41, 5.74) is 8.40. The van der Waals surface area contributed by atoms with Crippen molar-refractivity contribution in [3.63, 3.8) is 0 Å². The fourth-order valence-corrected chi connectivity index (χ4v) is 7.36. The molecule has 0 N–H and O–H groups in total. The minimum Gasteiger partial charge on any atom is -0.501 e. The minimum atomic E-state index is -1.23. The van der Waals surface area contributed by atoms with E-state index in [2.05, 4.69) is 113 Å². The van der Waals surface area contributed by atoms with Crippen molar-refractivity contribution in [1.29, 1.82) is 0 Å². The van der Waals surface area contributed by atoms with Gasteiger partial charge in [-0.15, -0.1) is 54.1 Å². The molecule has 0 fully saturated rings. The number of benzene rings is 5. The zero-order valence-corrected chi connectivity index (χ0v) is 31.6. The van der Waals surface area contributed by atoms with Crippen LogP contribution in [-0.4, -0.2) is 27.6 Å². The third-order valence-electron chi connectivity index (χ3n) is 8.92. The molecule has 0 aliphatic rings. The number of imidazole rings is 1. The molecule has 5 nitrogen and oxygen atoms in total. The van der Waals surface area contributed by atoms with Crippen LogP contribution < -0.4 is 5.19 Å². The molecule has 0 aliphatic heterocycles. The van der Waals surface area contributed by atoms with Gasteiger partial charge in [0.05, 0.1) is 36.2 Å². The summed E-state index contributed by atoms with van der Waals surface area (Å²) in [4.78, 5) is 14.1. The van der Waals surface area contributed by atoms with Crippen LogP contribution in [0.5, 0.6) is 0 Å². The maximum absolute atomic E-state index is 6.33. The summed E-state index contributed by atoms with van der Waals surface area (Å²) in [5, 5.41) is 5.93. The van der Waals surface area contributed by atoms with Gasteiger partial charge in [0.1, 0.15) is 5.58 Å². The van der Waals surface area contributed by atoms with E-state index in [4.69, 9.17) is 9.40 Å². The van der Waals surface area contributed by atoms with Crippen LogP contribution in [0.3, 0.4) is 0 Å². The first-order valence-electron chi connectivity index (χ1n) is 16.4. The van der Waals surface area contributed by atoms with Gasteiger partial charge in [-0.25, -0.2) is 0 Å². The summed E-state index contributed by atoms with van der Waals surface area (Å²) < 4.78 is 8.51. The monoisotopic (exact) mass is 843 g/mol. The van der Waals surface area contributed by atoms with Gasteiger partial charge in [-0.2, -0.15) is 0 Å². The number of aromatic nitrogens is 4. The fourth-order valence-electron chi connectivity index (χ4n) is 6.32. The molecule has 0 saturated heterocycles. The van der Waals surface area contributed by atoms with E-state index in [1.165, 1.54) is 16.0 Å². The standard InChI is InChI=1S/C29H18N3O.C14H16NSi.Ir/c1-18-27-25(15-16-30-18)31-29(32(27)21-14-13-19-7-2-3-8-20(19)17-21)24-11-6-10-23-22-9-4-5-12-26(22)33-28(23)24;1-16(2,3)13-9-10-14(15-11-13)12-7-5-4-6-8-12;/h2-10,12-17H,1H3;4-7,9-11H,1-3H3;/q2*-1;. The Kier molecular flexibility index (Phi) is 9.06. The van der Waals surface area contributed by atoms with Crippen molar-refractivity contribution in [3.05, 3.63) is 152 Å². The molecule has 0 bridgehead atoms. The molecular weight excluding hydrogens is 809 g/mol. The molecule has 9 rings (SSSR count). The summed E-state index contributed by atoms with van der Waals surface area (Å²) in [6.07, 6.45) is 3.83. The van der Waals surface area contributed by atoms with E-state index in [1.54, 1.807) is 0 Å². The molecule has 7 heteroatoms. The van der Waals surface area contributed by atoms with Gasteiger partial charge in [-0.1, -0.05) is 91.3 Å². The molecule has 1 radical (unpaired) electrons. The van der Waals surface area contributed by atoms with Crippen LogP contribution in [0.1, 0.15) is 5.69 Å². The van der Waals surface area contributed by atoms with Crippen LogP contribution >= 0.6 is 0 Å². The molecule has 0 unspecified atom stereocenters. The second-order valence-electron chi connectivity index (χ2n) is 13.2. The number of fused-ring (bicyclic) bond motifs is 5. The number of pyridine rings is 2. The third-order valence-corrected chi connectivity index (χ3v) is 10.9. The molecule has 247 valence electrons. The molecule has 0 atom stereocenters. The van der Waals surface area contributed by atoms with Gasteiger partial charge >= 0.3 is 0 Å². The van der Waals surface area contributed by atoms with Crippen molar-refractivity contribution in [1.82, 2.24) is 19.5 Å². The Hall–Kier alpha value is -5.20. The smallest absolute Gasteiger partial charge is 0.120 e. The van der Waals surface area contributed by atoms with Crippen molar-refractivity contribution < 1.29 is 24.5 Å². The first-order chi connectivity index (χ1) is 23.8. The molecule has 5 aromatic carbocycles.